The first-order chi connectivity index (χ1) is 33.7. The Morgan fingerprint density at radius 3 is 1.80 bits per heavy atom. The summed E-state index contributed by atoms with van der Waals surface area (Å²) in [6.45, 7) is 19.2. The van der Waals surface area contributed by atoms with Gasteiger partial charge in [-0.2, -0.15) is 0 Å². The molecule has 0 radical (unpaired) electrons. The van der Waals surface area contributed by atoms with Crippen LogP contribution in [0.3, 0.4) is 0 Å². The van der Waals surface area contributed by atoms with Crippen LogP contribution >= 0.6 is 11.3 Å². The molecule has 0 amide bonds. The molecule has 1 saturated carbocycles. The van der Waals surface area contributed by atoms with Gasteiger partial charge in [-0.05, 0) is 118 Å². The summed E-state index contributed by atoms with van der Waals surface area (Å²) in [4.78, 5) is 8.07. The molecule has 70 heavy (non-hydrogen) atoms. The summed E-state index contributed by atoms with van der Waals surface area (Å²) in [5, 5.41) is 4.88. The first-order valence-corrected chi connectivity index (χ1v) is 26.3. The molecule has 3 aliphatic heterocycles. The SMILES string of the molecule is CC(C)(C)c1ccc2c(c1)N(c1cccc3c1oc1ccccc13)c1cc(N3c4ccccc4[C@]4(C)CCCCC34C)cc3c1B2c1ccc(C(C)(C)C)cc1N3c1cccc2c1sc1ccccc12. The van der Waals surface area contributed by atoms with Gasteiger partial charge in [0, 0.05) is 65.8 Å². The third-order valence-electron chi connectivity index (χ3n) is 17.3. The number of hydrogen-bond acceptors (Lipinski definition) is 5. The lowest BCUT2D eigenvalue weighted by atomic mass is 9.33. The highest BCUT2D eigenvalue weighted by molar-refractivity contribution is 7.26. The molecular formula is C64H58BN3OS. The first kappa shape index (κ1) is 42.2. The number of anilines is 8. The summed E-state index contributed by atoms with van der Waals surface area (Å²) >= 11 is 1.92. The molecule has 1 unspecified atom stereocenters. The van der Waals surface area contributed by atoms with Gasteiger partial charge in [-0.15, -0.1) is 11.3 Å². The van der Waals surface area contributed by atoms with E-state index in [0.717, 1.165) is 34.0 Å². The minimum atomic E-state index is -0.146. The minimum absolute atomic E-state index is 0.0121. The molecule has 1 fully saturated rings. The van der Waals surface area contributed by atoms with Crippen molar-refractivity contribution >= 4 is 122 Å². The average molecular weight is 928 g/mol. The second-order valence-corrected chi connectivity index (χ2v) is 24.3. The van der Waals surface area contributed by atoms with Gasteiger partial charge in [-0.25, -0.2) is 0 Å². The van der Waals surface area contributed by atoms with Crippen molar-refractivity contribution in [3.63, 3.8) is 0 Å². The molecule has 2 atom stereocenters. The average Bonchev–Trinajstić information content (AvgIpc) is 3.99. The van der Waals surface area contributed by atoms with Crippen molar-refractivity contribution < 1.29 is 4.42 Å². The molecular weight excluding hydrogens is 870 g/mol. The van der Waals surface area contributed by atoms with E-state index in [0.29, 0.717) is 0 Å². The normalized spacial score (nSPS) is 19.5. The Labute approximate surface area is 416 Å². The second-order valence-electron chi connectivity index (χ2n) is 23.2. The van der Waals surface area contributed by atoms with Gasteiger partial charge in [-0.3, -0.25) is 0 Å². The topological polar surface area (TPSA) is 22.9 Å². The molecule has 0 bridgehead atoms. The van der Waals surface area contributed by atoms with Crippen molar-refractivity contribution in [3.05, 3.63) is 174 Å². The smallest absolute Gasteiger partial charge is 0.252 e. The van der Waals surface area contributed by atoms with E-state index in [2.05, 4.69) is 228 Å². The molecule has 344 valence electrons. The highest BCUT2D eigenvalue weighted by atomic mass is 32.1. The third kappa shape index (κ3) is 5.66. The Kier molecular flexibility index (Phi) is 8.68. The van der Waals surface area contributed by atoms with E-state index in [-0.39, 0.29) is 28.5 Å². The van der Waals surface area contributed by atoms with Crippen molar-refractivity contribution in [1.82, 2.24) is 0 Å². The number of rotatable bonds is 3. The Morgan fingerprint density at radius 2 is 1.09 bits per heavy atom. The quantitative estimate of drug-likeness (QED) is 0.165. The lowest BCUT2D eigenvalue weighted by Crippen LogP contribution is -2.61. The van der Waals surface area contributed by atoms with Crippen LogP contribution in [0, 0.1) is 0 Å². The fraction of sp³-hybridized carbons (Fsp3) is 0.250. The molecule has 8 aromatic carbocycles. The fourth-order valence-corrected chi connectivity index (χ4v) is 14.7. The monoisotopic (exact) mass is 927 g/mol. The summed E-state index contributed by atoms with van der Waals surface area (Å²) in [7, 11) is 0. The number of nitrogens with zero attached hydrogens (tertiary/aromatic N) is 3. The number of furan rings is 1. The highest BCUT2D eigenvalue weighted by Crippen LogP contribution is 2.62. The third-order valence-corrected chi connectivity index (χ3v) is 18.5. The molecule has 4 aliphatic rings. The van der Waals surface area contributed by atoms with Crippen molar-refractivity contribution in [3.8, 4) is 0 Å². The molecule has 1 aliphatic carbocycles. The number of hydrogen-bond donors (Lipinski definition) is 0. The standard InChI is InChI=1S/C64H58BN3OS/c1-61(2,3)39-29-31-47-52(35-39)66(50-25-17-21-44-42-19-9-13-27-56(42)69-59(44)50)54-37-41(68-49-24-12-11-23-46(49)63(7)33-15-16-34-64(63,68)8)38-55-58(54)65(47)48-32-30-40(62(4,5)6)36-53(48)67(55)51-26-18-22-45-43-20-10-14-28-57(43)70-60(45)51/h9-14,17-32,35-38H,15-16,33-34H2,1-8H3/t63-,64?/m0/s1. The molecule has 0 spiro atoms. The van der Waals surface area contributed by atoms with Crippen LogP contribution in [0.15, 0.2) is 162 Å². The number of fused-ring (bicyclic) bond motifs is 13. The van der Waals surface area contributed by atoms with E-state index in [1.54, 1.807) is 0 Å². The fourth-order valence-electron chi connectivity index (χ4n) is 13.5. The zero-order valence-electron chi connectivity index (χ0n) is 41.6. The molecule has 5 heterocycles. The van der Waals surface area contributed by atoms with Crippen LogP contribution < -0.4 is 31.1 Å². The molecule has 14 rings (SSSR count). The van der Waals surface area contributed by atoms with Gasteiger partial charge in [0.1, 0.15) is 5.58 Å². The van der Waals surface area contributed by atoms with Crippen molar-refractivity contribution in [2.24, 2.45) is 0 Å². The molecule has 2 aromatic heterocycles. The van der Waals surface area contributed by atoms with Gasteiger partial charge in [0.2, 0.25) is 0 Å². The van der Waals surface area contributed by atoms with Crippen LogP contribution in [-0.2, 0) is 16.2 Å². The predicted molar refractivity (Wildman–Crippen MR) is 301 cm³/mol. The summed E-state index contributed by atoms with van der Waals surface area (Å²) in [5.74, 6) is 0. The van der Waals surface area contributed by atoms with E-state index in [1.165, 1.54) is 112 Å². The van der Waals surface area contributed by atoms with E-state index in [4.69, 9.17) is 4.42 Å². The lowest BCUT2D eigenvalue weighted by Gasteiger charge is -2.51. The van der Waals surface area contributed by atoms with Gasteiger partial charge < -0.3 is 19.1 Å². The number of para-hydroxylation sites is 3. The maximum atomic E-state index is 7.05. The van der Waals surface area contributed by atoms with E-state index in [9.17, 15) is 0 Å². The van der Waals surface area contributed by atoms with E-state index >= 15 is 0 Å². The van der Waals surface area contributed by atoms with Gasteiger partial charge in [0.05, 0.1) is 21.6 Å². The summed E-state index contributed by atoms with van der Waals surface area (Å²) < 4.78 is 9.66. The molecule has 0 saturated heterocycles. The molecule has 4 nitrogen and oxygen atoms in total. The van der Waals surface area contributed by atoms with Crippen LogP contribution in [-0.4, -0.2) is 12.3 Å². The zero-order valence-corrected chi connectivity index (χ0v) is 42.4. The highest BCUT2D eigenvalue weighted by Gasteiger charge is 2.58. The Bertz CT molecular complexity index is 3640. The minimum Gasteiger partial charge on any atom is -0.454 e. The summed E-state index contributed by atoms with van der Waals surface area (Å²) in [6, 6.07) is 60.5. The Morgan fingerprint density at radius 1 is 0.514 bits per heavy atom. The van der Waals surface area contributed by atoms with Crippen molar-refractivity contribution in [2.45, 2.75) is 103 Å². The van der Waals surface area contributed by atoms with Crippen LogP contribution in [0.4, 0.5) is 45.5 Å². The van der Waals surface area contributed by atoms with Gasteiger partial charge >= 0.3 is 0 Å². The number of thiophene rings is 1. The van der Waals surface area contributed by atoms with Crippen molar-refractivity contribution in [1.29, 1.82) is 0 Å². The largest absolute Gasteiger partial charge is 0.454 e. The van der Waals surface area contributed by atoms with Gasteiger partial charge in [0.15, 0.2) is 5.58 Å². The maximum Gasteiger partial charge on any atom is 0.252 e. The van der Waals surface area contributed by atoms with Crippen molar-refractivity contribution in [2.75, 3.05) is 14.7 Å². The predicted octanol–water partition coefficient (Wildman–Crippen LogP) is 16.4. The molecule has 10 aromatic rings. The van der Waals surface area contributed by atoms with Gasteiger partial charge in [-0.1, -0.05) is 164 Å². The Hall–Kier alpha value is -6.76. The van der Waals surface area contributed by atoms with Crippen LogP contribution in [0.25, 0.3) is 42.1 Å². The van der Waals surface area contributed by atoms with Crippen LogP contribution in [0.1, 0.15) is 97.8 Å². The summed E-state index contributed by atoms with van der Waals surface area (Å²) in [5.41, 5.74) is 19.3. The van der Waals surface area contributed by atoms with Gasteiger partial charge in [0.25, 0.3) is 6.71 Å². The van der Waals surface area contributed by atoms with Crippen LogP contribution in [0.2, 0.25) is 0 Å². The lowest BCUT2D eigenvalue weighted by molar-refractivity contribution is 0.195. The molecule has 0 N–H and O–H groups in total. The molecule has 6 heteroatoms. The zero-order chi connectivity index (χ0) is 47.6. The van der Waals surface area contributed by atoms with E-state index in [1.807, 2.05) is 11.3 Å². The van der Waals surface area contributed by atoms with E-state index < -0.39 is 0 Å². The first-order valence-electron chi connectivity index (χ1n) is 25.5. The van der Waals surface area contributed by atoms with Crippen LogP contribution in [0.5, 0.6) is 0 Å². The maximum absolute atomic E-state index is 7.05. The Balaban J connectivity index is 1.16. The number of benzene rings is 8. The second kappa shape index (κ2) is 14.4. The summed E-state index contributed by atoms with van der Waals surface area (Å²) in [6.07, 6.45) is 4.74.